The maximum atomic E-state index is 12.5. The number of carbonyl (C=O) groups is 1. The number of aryl methyl sites for hydroxylation is 1. The SMILES string of the molecule is Cc1cc(OC2CCN(C(=O)Cc3ccccc3Cl)C2)cc(=O)n1C. The number of hydrogen-bond donors (Lipinski definition) is 0. The van der Waals surface area contributed by atoms with Gasteiger partial charge in [0.05, 0.1) is 13.0 Å². The van der Waals surface area contributed by atoms with E-state index in [1.165, 1.54) is 6.07 Å². The summed E-state index contributed by atoms with van der Waals surface area (Å²) in [7, 11) is 1.73. The van der Waals surface area contributed by atoms with Gasteiger partial charge in [-0.3, -0.25) is 9.59 Å². The molecule has 5 nitrogen and oxygen atoms in total. The van der Waals surface area contributed by atoms with Crippen molar-refractivity contribution in [2.24, 2.45) is 7.05 Å². The van der Waals surface area contributed by atoms with E-state index in [-0.39, 0.29) is 24.0 Å². The second kappa shape index (κ2) is 7.31. The third-order valence-corrected chi connectivity index (χ3v) is 4.95. The summed E-state index contributed by atoms with van der Waals surface area (Å²) in [6.45, 7) is 3.04. The molecule has 1 aliphatic heterocycles. The minimum atomic E-state index is -0.0975. The molecule has 0 spiro atoms. The van der Waals surface area contributed by atoms with E-state index >= 15 is 0 Å². The van der Waals surface area contributed by atoms with Gasteiger partial charge >= 0.3 is 0 Å². The highest BCUT2D eigenvalue weighted by molar-refractivity contribution is 6.31. The fourth-order valence-corrected chi connectivity index (χ4v) is 3.17. The summed E-state index contributed by atoms with van der Waals surface area (Å²) in [4.78, 5) is 26.1. The predicted molar refractivity (Wildman–Crippen MR) is 97.2 cm³/mol. The van der Waals surface area contributed by atoms with Gasteiger partial charge in [0, 0.05) is 36.8 Å². The molecule has 1 aromatic carbocycles. The molecule has 25 heavy (non-hydrogen) atoms. The first kappa shape index (κ1) is 17.5. The van der Waals surface area contributed by atoms with Crippen molar-refractivity contribution in [1.82, 2.24) is 9.47 Å². The van der Waals surface area contributed by atoms with E-state index in [0.717, 1.165) is 17.7 Å². The molecule has 2 aromatic rings. The summed E-state index contributed by atoms with van der Waals surface area (Å²) >= 11 is 6.13. The van der Waals surface area contributed by atoms with Gasteiger partial charge in [0.1, 0.15) is 11.9 Å². The van der Waals surface area contributed by atoms with Gasteiger partial charge in [-0.25, -0.2) is 0 Å². The van der Waals surface area contributed by atoms with Crippen LogP contribution in [0.25, 0.3) is 0 Å². The fourth-order valence-electron chi connectivity index (χ4n) is 2.96. The molecule has 0 aliphatic carbocycles. The van der Waals surface area contributed by atoms with Gasteiger partial charge in [0.25, 0.3) is 5.56 Å². The van der Waals surface area contributed by atoms with E-state index in [1.54, 1.807) is 22.6 Å². The number of ether oxygens (including phenoxy) is 1. The Morgan fingerprint density at radius 3 is 2.80 bits per heavy atom. The molecule has 1 amide bonds. The molecule has 0 saturated carbocycles. The molecule has 1 aromatic heterocycles. The second-order valence-electron chi connectivity index (χ2n) is 6.37. The van der Waals surface area contributed by atoms with Gasteiger partial charge in [-0.1, -0.05) is 29.8 Å². The van der Waals surface area contributed by atoms with Gasteiger partial charge in [0.15, 0.2) is 0 Å². The lowest BCUT2D eigenvalue weighted by molar-refractivity contribution is -0.129. The average molecular weight is 361 g/mol. The number of nitrogens with zero attached hydrogens (tertiary/aromatic N) is 2. The quantitative estimate of drug-likeness (QED) is 0.842. The highest BCUT2D eigenvalue weighted by Gasteiger charge is 2.28. The summed E-state index contributed by atoms with van der Waals surface area (Å²) < 4.78 is 7.48. The van der Waals surface area contributed by atoms with Gasteiger partial charge in [0.2, 0.25) is 5.91 Å². The molecule has 0 bridgehead atoms. The zero-order valence-corrected chi connectivity index (χ0v) is 15.1. The van der Waals surface area contributed by atoms with E-state index in [9.17, 15) is 9.59 Å². The van der Waals surface area contributed by atoms with Crippen molar-refractivity contribution in [1.29, 1.82) is 0 Å². The van der Waals surface area contributed by atoms with Crippen molar-refractivity contribution in [3.05, 3.63) is 63.0 Å². The largest absolute Gasteiger partial charge is 0.488 e. The number of benzene rings is 1. The Morgan fingerprint density at radius 1 is 1.32 bits per heavy atom. The Hall–Kier alpha value is -2.27. The van der Waals surface area contributed by atoms with Crippen molar-refractivity contribution < 1.29 is 9.53 Å². The number of halogens is 1. The molecule has 132 valence electrons. The molecular formula is C19H21ClN2O3. The zero-order chi connectivity index (χ0) is 18.0. The Morgan fingerprint density at radius 2 is 2.08 bits per heavy atom. The zero-order valence-electron chi connectivity index (χ0n) is 14.4. The number of pyridine rings is 1. The summed E-state index contributed by atoms with van der Waals surface area (Å²) in [6, 6.07) is 10.7. The number of hydrogen-bond acceptors (Lipinski definition) is 3. The second-order valence-corrected chi connectivity index (χ2v) is 6.77. The summed E-state index contributed by atoms with van der Waals surface area (Å²) in [5.41, 5.74) is 1.58. The molecule has 1 saturated heterocycles. The molecule has 0 N–H and O–H groups in total. The Kier molecular flexibility index (Phi) is 5.13. The third kappa shape index (κ3) is 4.04. The fraction of sp³-hybridized carbons (Fsp3) is 0.368. The van der Waals surface area contributed by atoms with Crippen LogP contribution in [0.2, 0.25) is 5.02 Å². The molecular weight excluding hydrogens is 340 g/mol. The van der Waals surface area contributed by atoms with E-state index < -0.39 is 0 Å². The van der Waals surface area contributed by atoms with Gasteiger partial charge in [-0.15, -0.1) is 0 Å². The first-order valence-electron chi connectivity index (χ1n) is 8.29. The van der Waals surface area contributed by atoms with Crippen LogP contribution >= 0.6 is 11.6 Å². The van der Waals surface area contributed by atoms with Crippen LogP contribution in [0.3, 0.4) is 0 Å². The van der Waals surface area contributed by atoms with Crippen LogP contribution in [0.5, 0.6) is 5.75 Å². The van der Waals surface area contributed by atoms with Gasteiger partial charge in [-0.2, -0.15) is 0 Å². The van der Waals surface area contributed by atoms with Crippen LogP contribution in [0, 0.1) is 6.92 Å². The summed E-state index contributed by atoms with van der Waals surface area (Å²) in [5.74, 6) is 0.602. The molecule has 0 radical (unpaired) electrons. The standard InChI is InChI=1S/C19H21ClN2O3/c1-13-9-16(11-18(23)21(13)2)25-15-7-8-22(12-15)19(24)10-14-5-3-4-6-17(14)20/h3-6,9,11,15H,7-8,10,12H2,1-2H3. The molecule has 1 aliphatic rings. The number of carbonyl (C=O) groups excluding carboxylic acids is 1. The van der Waals surface area contributed by atoms with Crippen molar-refractivity contribution in [3.63, 3.8) is 0 Å². The maximum absolute atomic E-state index is 12.5. The first-order chi connectivity index (χ1) is 11.9. The lowest BCUT2D eigenvalue weighted by Gasteiger charge is -2.18. The highest BCUT2D eigenvalue weighted by atomic mass is 35.5. The van der Waals surface area contributed by atoms with Gasteiger partial charge < -0.3 is 14.2 Å². The molecule has 3 rings (SSSR count). The summed E-state index contributed by atoms with van der Waals surface area (Å²) in [6.07, 6.45) is 0.946. The topological polar surface area (TPSA) is 51.5 Å². The minimum absolute atomic E-state index is 0.0411. The van der Waals surface area contributed by atoms with E-state index in [1.807, 2.05) is 31.2 Å². The molecule has 1 fully saturated rings. The van der Waals surface area contributed by atoms with Gasteiger partial charge in [-0.05, 0) is 24.6 Å². The molecule has 2 heterocycles. The van der Waals surface area contributed by atoms with Crippen LogP contribution < -0.4 is 10.3 Å². The monoisotopic (exact) mass is 360 g/mol. The number of rotatable bonds is 4. The molecule has 6 heteroatoms. The smallest absolute Gasteiger partial charge is 0.254 e. The van der Waals surface area contributed by atoms with Crippen LogP contribution in [0.1, 0.15) is 17.7 Å². The molecule has 1 unspecified atom stereocenters. The van der Waals surface area contributed by atoms with Crippen LogP contribution in [-0.2, 0) is 18.3 Å². The van der Waals surface area contributed by atoms with Crippen molar-refractivity contribution in [2.75, 3.05) is 13.1 Å². The average Bonchev–Trinajstić information content (AvgIpc) is 3.03. The normalized spacial score (nSPS) is 16.9. The van der Waals surface area contributed by atoms with Crippen molar-refractivity contribution in [2.45, 2.75) is 25.9 Å². The summed E-state index contributed by atoms with van der Waals surface area (Å²) in [5, 5.41) is 0.610. The number of aromatic nitrogens is 1. The highest BCUT2D eigenvalue weighted by Crippen LogP contribution is 2.21. The Bertz CT molecular complexity index is 847. The molecule has 1 atom stereocenters. The minimum Gasteiger partial charge on any atom is -0.488 e. The number of amides is 1. The Labute approximate surface area is 151 Å². The first-order valence-corrected chi connectivity index (χ1v) is 8.67. The van der Waals surface area contributed by atoms with Crippen molar-refractivity contribution in [3.8, 4) is 5.75 Å². The van der Waals surface area contributed by atoms with Crippen LogP contribution in [-0.4, -0.2) is 34.6 Å². The van der Waals surface area contributed by atoms with Crippen molar-refractivity contribution >= 4 is 17.5 Å². The van der Waals surface area contributed by atoms with Crippen LogP contribution in [0.15, 0.2) is 41.2 Å². The lowest BCUT2D eigenvalue weighted by Crippen LogP contribution is -2.32. The predicted octanol–water partition coefficient (Wildman–Crippen LogP) is 2.57. The van der Waals surface area contributed by atoms with E-state index in [0.29, 0.717) is 23.9 Å². The maximum Gasteiger partial charge on any atom is 0.254 e. The number of likely N-dealkylation sites (tertiary alicyclic amines) is 1. The van der Waals surface area contributed by atoms with E-state index in [4.69, 9.17) is 16.3 Å². The van der Waals surface area contributed by atoms with Crippen LogP contribution in [0.4, 0.5) is 0 Å². The van der Waals surface area contributed by atoms with E-state index in [2.05, 4.69) is 0 Å². The Balaban J connectivity index is 1.61. The third-order valence-electron chi connectivity index (χ3n) is 4.58. The lowest BCUT2D eigenvalue weighted by atomic mass is 10.1.